The van der Waals surface area contributed by atoms with Crippen LogP contribution in [0, 0.1) is 13.8 Å². The molecule has 0 atom stereocenters. The standard InChI is InChI=1S/C27H29NO3/c1-18-11-19(2)13-22(12-18)26-8-7-24(28-10-9-27(29)30)14-23(26)17-31-25-15-20-5-3-4-6-21(20)16-25/h3-8,11-14,25,28H,9-10,15-17H2,1-2H3,(H,29,30). The second-order valence-corrected chi connectivity index (χ2v) is 8.43. The number of ether oxygens (including phenoxy) is 1. The van der Waals surface area contributed by atoms with Gasteiger partial charge in [0.05, 0.1) is 19.1 Å². The van der Waals surface area contributed by atoms with Gasteiger partial charge in [0.1, 0.15) is 0 Å². The van der Waals surface area contributed by atoms with E-state index >= 15 is 0 Å². The number of carboxylic acids is 1. The van der Waals surface area contributed by atoms with Gasteiger partial charge >= 0.3 is 5.97 Å². The first-order valence-corrected chi connectivity index (χ1v) is 10.8. The molecule has 1 aliphatic carbocycles. The van der Waals surface area contributed by atoms with E-state index in [0.29, 0.717) is 13.2 Å². The molecule has 0 bridgehead atoms. The van der Waals surface area contributed by atoms with Crippen molar-refractivity contribution in [3.05, 3.63) is 88.5 Å². The minimum absolute atomic E-state index is 0.0883. The molecule has 0 heterocycles. The Kier molecular flexibility index (Phi) is 6.38. The van der Waals surface area contributed by atoms with Crippen LogP contribution in [-0.4, -0.2) is 23.7 Å². The number of nitrogens with one attached hydrogen (secondary N) is 1. The van der Waals surface area contributed by atoms with Crippen LogP contribution in [0.2, 0.25) is 0 Å². The van der Waals surface area contributed by atoms with Gasteiger partial charge < -0.3 is 15.2 Å². The van der Waals surface area contributed by atoms with E-state index in [9.17, 15) is 4.79 Å². The third kappa shape index (κ3) is 5.33. The molecule has 0 aliphatic heterocycles. The molecule has 0 saturated heterocycles. The first kappa shape index (κ1) is 21.1. The summed E-state index contributed by atoms with van der Waals surface area (Å²) in [4.78, 5) is 10.8. The highest BCUT2D eigenvalue weighted by Crippen LogP contribution is 2.31. The van der Waals surface area contributed by atoms with Crippen molar-refractivity contribution in [3.8, 4) is 11.1 Å². The van der Waals surface area contributed by atoms with E-state index in [-0.39, 0.29) is 12.5 Å². The van der Waals surface area contributed by atoms with Crippen molar-refractivity contribution in [1.82, 2.24) is 0 Å². The average molecular weight is 416 g/mol. The third-order valence-corrected chi connectivity index (χ3v) is 5.79. The minimum atomic E-state index is -0.802. The van der Waals surface area contributed by atoms with Crippen molar-refractivity contribution in [1.29, 1.82) is 0 Å². The Morgan fingerprint density at radius 1 is 1.00 bits per heavy atom. The molecular weight excluding hydrogens is 386 g/mol. The number of aryl methyl sites for hydroxylation is 2. The van der Waals surface area contributed by atoms with Gasteiger partial charge in [0.2, 0.25) is 0 Å². The zero-order chi connectivity index (χ0) is 21.8. The number of aliphatic carboxylic acids is 1. The lowest BCUT2D eigenvalue weighted by Crippen LogP contribution is -2.13. The van der Waals surface area contributed by atoms with Crippen LogP contribution < -0.4 is 5.32 Å². The smallest absolute Gasteiger partial charge is 0.305 e. The highest BCUT2D eigenvalue weighted by atomic mass is 16.5. The molecule has 0 radical (unpaired) electrons. The van der Waals surface area contributed by atoms with Crippen LogP contribution in [0.5, 0.6) is 0 Å². The molecule has 1 aliphatic rings. The predicted molar refractivity (Wildman–Crippen MR) is 125 cm³/mol. The van der Waals surface area contributed by atoms with E-state index in [1.165, 1.54) is 27.8 Å². The van der Waals surface area contributed by atoms with Crippen LogP contribution in [0.4, 0.5) is 5.69 Å². The molecular formula is C27H29NO3. The number of carbonyl (C=O) groups is 1. The molecule has 0 unspecified atom stereocenters. The number of carboxylic acid groups (broad SMARTS) is 1. The summed E-state index contributed by atoms with van der Waals surface area (Å²) in [6.45, 7) is 5.15. The van der Waals surface area contributed by atoms with Crippen molar-refractivity contribution in [2.45, 2.75) is 45.8 Å². The number of hydrogen-bond donors (Lipinski definition) is 2. The summed E-state index contributed by atoms with van der Waals surface area (Å²) in [5.41, 5.74) is 9.60. The van der Waals surface area contributed by atoms with E-state index in [2.05, 4.69) is 73.8 Å². The fourth-order valence-corrected chi connectivity index (χ4v) is 4.39. The summed E-state index contributed by atoms with van der Waals surface area (Å²) < 4.78 is 6.37. The molecule has 3 aromatic rings. The molecule has 160 valence electrons. The van der Waals surface area contributed by atoms with Crippen molar-refractivity contribution in [2.24, 2.45) is 0 Å². The highest BCUT2D eigenvalue weighted by molar-refractivity contribution is 5.72. The van der Waals surface area contributed by atoms with Gasteiger partial charge in [0.25, 0.3) is 0 Å². The predicted octanol–water partition coefficient (Wildman–Crippen LogP) is 5.54. The van der Waals surface area contributed by atoms with Crippen LogP contribution in [0.3, 0.4) is 0 Å². The number of anilines is 1. The normalized spacial score (nSPS) is 13.2. The Bertz CT molecular complexity index is 1040. The van der Waals surface area contributed by atoms with Crippen LogP contribution in [0.25, 0.3) is 11.1 Å². The number of benzene rings is 3. The number of fused-ring (bicyclic) bond motifs is 1. The Labute approximate surface area is 183 Å². The largest absolute Gasteiger partial charge is 0.481 e. The first-order valence-electron chi connectivity index (χ1n) is 10.8. The van der Waals surface area contributed by atoms with Gasteiger partial charge in [-0.25, -0.2) is 0 Å². The van der Waals surface area contributed by atoms with Gasteiger partial charge in [-0.05, 0) is 66.6 Å². The maximum atomic E-state index is 10.8. The van der Waals surface area contributed by atoms with E-state index < -0.39 is 5.97 Å². The molecule has 2 N–H and O–H groups in total. The topological polar surface area (TPSA) is 58.6 Å². The molecule has 0 fully saturated rings. The molecule has 3 aromatic carbocycles. The highest BCUT2D eigenvalue weighted by Gasteiger charge is 2.22. The van der Waals surface area contributed by atoms with Crippen LogP contribution >= 0.6 is 0 Å². The van der Waals surface area contributed by atoms with Gasteiger partial charge in [-0.2, -0.15) is 0 Å². The summed E-state index contributed by atoms with van der Waals surface area (Å²) >= 11 is 0. The molecule has 0 amide bonds. The second-order valence-electron chi connectivity index (χ2n) is 8.43. The number of rotatable bonds is 8. The van der Waals surface area contributed by atoms with Gasteiger partial charge in [-0.15, -0.1) is 0 Å². The molecule has 31 heavy (non-hydrogen) atoms. The monoisotopic (exact) mass is 415 g/mol. The van der Waals surface area contributed by atoms with Crippen LogP contribution in [0.1, 0.15) is 34.2 Å². The first-order chi connectivity index (χ1) is 15.0. The maximum absolute atomic E-state index is 10.8. The summed E-state index contributed by atoms with van der Waals surface area (Å²) in [6, 6.07) is 21.4. The average Bonchev–Trinajstić information content (AvgIpc) is 3.14. The molecule has 4 heteroatoms. The Morgan fingerprint density at radius 3 is 2.32 bits per heavy atom. The summed E-state index contributed by atoms with van der Waals surface area (Å²) in [6.07, 6.45) is 2.18. The van der Waals surface area contributed by atoms with Crippen molar-refractivity contribution in [3.63, 3.8) is 0 Å². The Morgan fingerprint density at radius 2 is 1.68 bits per heavy atom. The lowest BCUT2D eigenvalue weighted by Gasteiger charge is -2.17. The zero-order valence-electron chi connectivity index (χ0n) is 18.2. The van der Waals surface area contributed by atoms with E-state index in [4.69, 9.17) is 9.84 Å². The lowest BCUT2D eigenvalue weighted by molar-refractivity contribution is -0.136. The van der Waals surface area contributed by atoms with E-state index in [0.717, 1.165) is 29.7 Å². The van der Waals surface area contributed by atoms with Gasteiger partial charge in [0.15, 0.2) is 0 Å². The molecule has 0 saturated carbocycles. The second kappa shape index (κ2) is 9.36. The maximum Gasteiger partial charge on any atom is 0.305 e. The third-order valence-electron chi connectivity index (χ3n) is 5.79. The van der Waals surface area contributed by atoms with Gasteiger partial charge in [-0.1, -0.05) is 59.7 Å². The van der Waals surface area contributed by atoms with Crippen molar-refractivity contribution in [2.75, 3.05) is 11.9 Å². The molecule has 4 rings (SSSR count). The minimum Gasteiger partial charge on any atom is -0.481 e. The van der Waals surface area contributed by atoms with Crippen LogP contribution in [0.15, 0.2) is 60.7 Å². The summed E-state index contributed by atoms with van der Waals surface area (Å²) in [5, 5.41) is 12.1. The van der Waals surface area contributed by atoms with Gasteiger partial charge in [-0.3, -0.25) is 4.79 Å². The van der Waals surface area contributed by atoms with Crippen LogP contribution in [-0.2, 0) is 29.0 Å². The SMILES string of the molecule is Cc1cc(C)cc(-c2ccc(NCCC(=O)O)cc2COC2Cc3ccccc3C2)c1. The van der Waals surface area contributed by atoms with Crippen molar-refractivity contribution >= 4 is 11.7 Å². The molecule has 4 nitrogen and oxygen atoms in total. The molecule has 0 spiro atoms. The number of hydrogen-bond acceptors (Lipinski definition) is 3. The Balaban J connectivity index is 1.55. The Hall–Kier alpha value is -3.11. The van der Waals surface area contributed by atoms with Gasteiger partial charge in [0, 0.05) is 12.2 Å². The fourth-order valence-electron chi connectivity index (χ4n) is 4.39. The van der Waals surface area contributed by atoms with E-state index in [1.807, 2.05) is 6.07 Å². The lowest BCUT2D eigenvalue weighted by atomic mass is 9.96. The quantitative estimate of drug-likeness (QED) is 0.507. The van der Waals surface area contributed by atoms with Crippen molar-refractivity contribution < 1.29 is 14.6 Å². The molecule has 0 aromatic heterocycles. The summed E-state index contributed by atoms with van der Waals surface area (Å²) in [5.74, 6) is -0.802. The zero-order valence-corrected chi connectivity index (χ0v) is 18.2. The van der Waals surface area contributed by atoms with E-state index in [1.54, 1.807) is 0 Å². The fraction of sp³-hybridized carbons (Fsp3) is 0.296. The summed E-state index contributed by atoms with van der Waals surface area (Å²) in [7, 11) is 0.